The third kappa shape index (κ3) is 28.9. The summed E-state index contributed by atoms with van der Waals surface area (Å²) in [5, 5.41) is 0. The number of carbonyl (C=O) groups is 2. The first-order chi connectivity index (χ1) is 27.1. The third-order valence-corrected chi connectivity index (χ3v) is 12.9. The SMILES string of the molecule is CCCCCCCCCCCCCCCCCCCCCCCCCC[C@@]1(C(=O)OCC)CCCN1C(=O)CCCCCCCCCCCCCCCCC. The Kier molecular flexibility index (Phi) is 37.6. The van der Waals surface area contributed by atoms with Gasteiger partial charge in [-0.15, -0.1) is 0 Å². The van der Waals surface area contributed by atoms with Crippen molar-refractivity contribution in [1.29, 1.82) is 0 Å². The second-order valence-electron chi connectivity index (χ2n) is 18.0. The molecule has 0 N–H and O–H groups in total. The molecule has 0 aliphatic carbocycles. The molecular formula is C51H99NO3. The van der Waals surface area contributed by atoms with E-state index in [0.717, 1.165) is 51.5 Å². The van der Waals surface area contributed by atoms with E-state index in [9.17, 15) is 9.59 Å². The van der Waals surface area contributed by atoms with Crippen LogP contribution in [0.5, 0.6) is 0 Å². The molecule has 1 rings (SSSR count). The van der Waals surface area contributed by atoms with Gasteiger partial charge in [0.15, 0.2) is 0 Å². The van der Waals surface area contributed by atoms with Crippen molar-refractivity contribution in [2.75, 3.05) is 13.2 Å². The molecule has 0 spiro atoms. The lowest BCUT2D eigenvalue weighted by Crippen LogP contribution is -2.53. The normalized spacial score (nSPS) is 15.7. The quantitative estimate of drug-likeness (QED) is 0.0458. The average Bonchev–Trinajstić information content (AvgIpc) is 3.63. The van der Waals surface area contributed by atoms with Crippen LogP contribution >= 0.6 is 0 Å². The van der Waals surface area contributed by atoms with Crippen molar-refractivity contribution in [3.63, 3.8) is 0 Å². The van der Waals surface area contributed by atoms with E-state index in [4.69, 9.17) is 4.74 Å². The molecule has 1 saturated heterocycles. The number of esters is 1. The highest BCUT2D eigenvalue weighted by molar-refractivity contribution is 5.88. The van der Waals surface area contributed by atoms with Crippen LogP contribution in [0, 0.1) is 0 Å². The Labute approximate surface area is 345 Å². The summed E-state index contributed by atoms with van der Waals surface area (Å²) in [7, 11) is 0. The van der Waals surface area contributed by atoms with E-state index < -0.39 is 5.54 Å². The number of ether oxygens (including phenoxy) is 1. The molecule has 326 valence electrons. The molecule has 0 aromatic carbocycles. The maximum Gasteiger partial charge on any atom is 0.332 e. The molecule has 0 aromatic rings. The molecule has 0 bridgehead atoms. The molecule has 4 nitrogen and oxygen atoms in total. The van der Waals surface area contributed by atoms with Crippen molar-refractivity contribution in [2.45, 2.75) is 302 Å². The predicted molar refractivity (Wildman–Crippen MR) is 241 cm³/mol. The lowest BCUT2D eigenvalue weighted by molar-refractivity contribution is -0.162. The Balaban J connectivity index is 2.05. The van der Waals surface area contributed by atoms with Gasteiger partial charge in [-0.1, -0.05) is 258 Å². The summed E-state index contributed by atoms with van der Waals surface area (Å²) in [5.41, 5.74) is -0.713. The number of amides is 1. The molecule has 55 heavy (non-hydrogen) atoms. The molecule has 1 aliphatic rings. The van der Waals surface area contributed by atoms with Crippen molar-refractivity contribution in [3.05, 3.63) is 0 Å². The third-order valence-electron chi connectivity index (χ3n) is 12.9. The summed E-state index contributed by atoms with van der Waals surface area (Å²) in [6, 6.07) is 0. The second-order valence-corrected chi connectivity index (χ2v) is 18.0. The van der Waals surface area contributed by atoms with Crippen LogP contribution in [-0.4, -0.2) is 35.5 Å². The highest BCUT2D eigenvalue weighted by Crippen LogP contribution is 2.36. The number of hydrogen-bond donors (Lipinski definition) is 0. The first-order valence-corrected chi connectivity index (χ1v) is 25.6. The van der Waals surface area contributed by atoms with Crippen LogP contribution < -0.4 is 0 Å². The number of likely N-dealkylation sites (tertiary alicyclic amines) is 1. The Morgan fingerprint density at radius 2 is 0.709 bits per heavy atom. The predicted octanol–water partition coefficient (Wildman–Crippen LogP) is 16.9. The first kappa shape index (κ1) is 52.0. The summed E-state index contributed by atoms with van der Waals surface area (Å²) >= 11 is 0. The number of unbranched alkanes of at least 4 members (excludes halogenated alkanes) is 37. The van der Waals surface area contributed by atoms with Crippen molar-refractivity contribution < 1.29 is 14.3 Å². The molecule has 1 heterocycles. The van der Waals surface area contributed by atoms with Gasteiger partial charge in [0.1, 0.15) is 5.54 Å². The lowest BCUT2D eigenvalue weighted by atomic mass is 9.88. The van der Waals surface area contributed by atoms with Gasteiger partial charge in [-0.3, -0.25) is 4.79 Å². The van der Waals surface area contributed by atoms with Gasteiger partial charge >= 0.3 is 5.97 Å². The van der Waals surface area contributed by atoms with Gasteiger partial charge in [-0.2, -0.15) is 0 Å². The lowest BCUT2D eigenvalue weighted by Gasteiger charge is -2.36. The monoisotopic (exact) mass is 774 g/mol. The van der Waals surface area contributed by atoms with E-state index >= 15 is 0 Å². The highest BCUT2D eigenvalue weighted by Gasteiger charge is 2.49. The van der Waals surface area contributed by atoms with Gasteiger partial charge in [0.05, 0.1) is 6.61 Å². The van der Waals surface area contributed by atoms with Crippen molar-refractivity contribution in [3.8, 4) is 0 Å². The van der Waals surface area contributed by atoms with Crippen LogP contribution in [0.15, 0.2) is 0 Å². The molecule has 0 radical (unpaired) electrons. The van der Waals surface area contributed by atoms with Gasteiger partial charge in [0.2, 0.25) is 5.91 Å². The molecule has 0 aromatic heterocycles. The van der Waals surface area contributed by atoms with Gasteiger partial charge in [0.25, 0.3) is 0 Å². The fourth-order valence-electron chi connectivity index (χ4n) is 9.24. The Morgan fingerprint density at radius 3 is 1.02 bits per heavy atom. The van der Waals surface area contributed by atoms with Crippen LogP contribution in [0.4, 0.5) is 0 Å². The average molecular weight is 774 g/mol. The maximum atomic E-state index is 13.5. The van der Waals surface area contributed by atoms with Gasteiger partial charge in [-0.05, 0) is 32.6 Å². The van der Waals surface area contributed by atoms with Crippen LogP contribution in [-0.2, 0) is 14.3 Å². The van der Waals surface area contributed by atoms with Crippen LogP contribution in [0.3, 0.4) is 0 Å². The van der Waals surface area contributed by atoms with Crippen molar-refractivity contribution in [1.82, 2.24) is 4.90 Å². The Morgan fingerprint density at radius 1 is 0.418 bits per heavy atom. The van der Waals surface area contributed by atoms with Crippen LogP contribution in [0.25, 0.3) is 0 Å². The highest BCUT2D eigenvalue weighted by atomic mass is 16.5. The molecule has 1 fully saturated rings. The summed E-state index contributed by atoms with van der Waals surface area (Å²) in [6.45, 7) is 7.59. The molecular weight excluding hydrogens is 675 g/mol. The molecule has 4 heteroatoms. The topological polar surface area (TPSA) is 46.6 Å². The molecule has 1 atom stereocenters. The summed E-state index contributed by atoms with van der Waals surface area (Å²) in [4.78, 5) is 28.8. The molecule has 1 amide bonds. The fourth-order valence-corrected chi connectivity index (χ4v) is 9.24. The number of rotatable bonds is 43. The van der Waals surface area contributed by atoms with Gasteiger partial charge < -0.3 is 9.64 Å². The van der Waals surface area contributed by atoms with E-state index in [-0.39, 0.29) is 11.9 Å². The minimum atomic E-state index is -0.713. The zero-order chi connectivity index (χ0) is 39.8. The maximum absolute atomic E-state index is 13.5. The van der Waals surface area contributed by atoms with Crippen LogP contribution in [0.2, 0.25) is 0 Å². The van der Waals surface area contributed by atoms with E-state index in [1.165, 1.54) is 225 Å². The van der Waals surface area contributed by atoms with Gasteiger partial charge in [0, 0.05) is 13.0 Å². The number of hydrogen-bond acceptors (Lipinski definition) is 3. The van der Waals surface area contributed by atoms with Crippen molar-refractivity contribution in [2.24, 2.45) is 0 Å². The Hall–Kier alpha value is -1.06. The number of nitrogens with zero attached hydrogens (tertiary/aromatic N) is 1. The standard InChI is InChI=1S/C51H99NO3/c1-4-7-9-11-13-15-17-19-21-22-23-24-25-26-27-28-29-31-33-35-37-39-41-43-46-51(50(54)55-6-3)47-44-48-52(51)49(53)45-42-40-38-36-34-32-30-20-18-16-14-12-10-8-5-2/h4-48H2,1-3H3/t51-/m0/s1. The Bertz CT molecular complexity index is 829. The molecule has 0 saturated carbocycles. The second kappa shape index (κ2) is 39.8. The summed E-state index contributed by atoms with van der Waals surface area (Å²) < 4.78 is 5.61. The van der Waals surface area contributed by atoms with E-state index in [0.29, 0.717) is 13.0 Å². The van der Waals surface area contributed by atoms with Crippen molar-refractivity contribution >= 4 is 11.9 Å². The fraction of sp³-hybridized carbons (Fsp3) is 0.961. The summed E-state index contributed by atoms with van der Waals surface area (Å²) in [6.07, 6.45) is 56.3. The number of carbonyl (C=O) groups excluding carboxylic acids is 2. The minimum Gasteiger partial charge on any atom is -0.464 e. The van der Waals surface area contributed by atoms with E-state index in [1.54, 1.807) is 0 Å². The molecule has 1 aliphatic heterocycles. The van der Waals surface area contributed by atoms with Crippen LogP contribution in [0.1, 0.15) is 297 Å². The largest absolute Gasteiger partial charge is 0.464 e. The smallest absolute Gasteiger partial charge is 0.332 e. The minimum absolute atomic E-state index is 0.147. The summed E-state index contributed by atoms with van der Waals surface area (Å²) in [5.74, 6) is 0.0380. The van der Waals surface area contributed by atoms with E-state index in [2.05, 4.69) is 13.8 Å². The zero-order valence-corrected chi connectivity index (χ0v) is 38.0. The van der Waals surface area contributed by atoms with Gasteiger partial charge in [-0.25, -0.2) is 4.79 Å². The molecule has 0 unspecified atom stereocenters. The first-order valence-electron chi connectivity index (χ1n) is 25.6. The zero-order valence-electron chi connectivity index (χ0n) is 38.0. The van der Waals surface area contributed by atoms with E-state index in [1.807, 2.05) is 11.8 Å².